The number of rotatable bonds is 6. The molecule has 1 N–H and O–H groups in total. The Balaban J connectivity index is 1.35. The fourth-order valence-electron chi connectivity index (χ4n) is 3.12. The number of nitrogens with zero attached hydrogens (tertiary/aromatic N) is 1. The Kier molecular flexibility index (Phi) is 5.43. The van der Waals surface area contributed by atoms with E-state index in [1.807, 2.05) is 30.3 Å². The maximum atomic E-state index is 11.9. The first-order chi connectivity index (χ1) is 11.3. The van der Waals surface area contributed by atoms with E-state index in [1.165, 1.54) is 11.1 Å². The van der Waals surface area contributed by atoms with Crippen LogP contribution in [0.5, 0.6) is 0 Å². The van der Waals surface area contributed by atoms with Crippen molar-refractivity contribution in [3.05, 3.63) is 71.3 Å². The minimum absolute atomic E-state index is 0.111. The summed E-state index contributed by atoms with van der Waals surface area (Å²) in [6.07, 6.45) is 2.61. The quantitative estimate of drug-likeness (QED) is 0.832. The predicted octanol–water partition coefficient (Wildman–Crippen LogP) is 2.79. The molecule has 1 aliphatic heterocycles. The number of fused-ring (bicyclic) bond motifs is 1. The monoisotopic (exact) mass is 308 g/mol. The van der Waals surface area contributed by atoms with Crippen molar-refractivity contribution in [1.29, 1.82) is 0 Å². The van der Waals surface area contributed by atoms with Crippen molar-refractivity contribution < 1.29 is 4.79 Å². The Morgan fingerprint density at radius 1 is 1.00 bits per heavy atom. The molecule has 1 heterocycles. The Hall–Kier alpha value is -2.13. The summed E-state index contributed by atoms with van der Waals surface area (Å²) >= 11 is 0. The minimum atomic E-state index is 0.111. The SMILES string of the molecule is O=C(Cc1ccccc1)NCCCN1CCc2ccccc2C1. The van der Waals surface area contributed by atoms with Gasteiger partial charge in [-0.15, -0.1) is 0 Å². The summed E-state index contributed by atoms with van der Waals surface area (Å²) in [5, 5.41) is 3.02. The van der Waals surface area contributed by atoms with Gasteiger partial charge in [-0.1, -0.05) is 54.6 Å². The fraction of sp³-hybridized carbons (Fsp3) is 0.350. The van der Waals surface area contributed by atoms with E-state index in [2.05, 4.69) is 34.5 Å². The van der Waals surface area contributed by atoms with Gasteiger partial charge in [-0.25, -0.2) is 0 Å². The standard InChI is InChI=1S/C20H24N2O/c23-20(15-17-7-2-1-3-8-17)21-12-6-13-22-14-11-18-9-4-5-10-19(18)16-22/h1-5,7-10H,6,11-16H2,(H,21,23). The van der Waals surface area contributed by atoms with Gasteiger partial charge in [0.05, 0.1) is 6.42 Å². The van der Waals surface area contributed by atoms with Crippen LogP contribution in [0.2, 0.25) is 0 Å². The number of amides is 1. The molecule has 23 heavy (non-hydrogen) atoms. The van der Waals surface area contributed by atoms with Crippen LogP contribution in [0, 0.1) is 0 Å². The molecule has 3 heteroatoms. The first-order valence-electron chi connectivity index (χ1n) is 8.41. The van der Waals surface area contributed by atoms with Gasteiger partial charge in [0.25, 0.3) is 0 Å². The van der Waals surface area contributed by atoms with Crippen LogP contribution in [0.3, 0.4) is 0 Å². The molecule has 0 aromatic heterocycles. The van der Waals surface area contributed by atoms with E-state index in [1.54, 1.807) is 0 Å². The van der Waals surface area contributed by atoms with Crippen molar-refractivity contribution in [2.75, 3.05) is 19.6 Å². The molecule has 0 saturated carbocycles. The highest BCUT2D eigenvalue weighted by molar-refractivity contribution is 5.78. The summed E-state index contributed by atoms with van der Waals surface area (Å²) in [4.78, 5) is 14.4. The van der Waals surface area contributed by atoms with Crippen molar-refractivity contribution in [1.82, 2.24) is 10.2 Å². The van der Waals surface area contributed by atoms with Crippen molar-refractivity contribution in [2.24, 2.45) is 0 Å². The number of hydrogen-bond acceptors (Lipinski definition) is 2. The zero-order valence-electron chi connectivity index (χ0n) is 13.5. The van der Waals surface area contributed by atoms with Gasteiger partial charge in [0.1, 0.15) is 0 Å². The zero-order valence-corrected chi connectivity index (χ0v) is 13.5. The average molecular weight is 308 g/mol. The molecule has 3 rings (SSSR count). The van der Waals surface area contributed by atoms with Gasteiger partial charge in [0, 0.05) is 26.2 Å². The normalized spacial score (nSPS) is 14.3. The Labute approximate surface area is 138 Å². The van der Waals surface area contributed by atoms with Crippen molar-refractivity contribution in [3.8, 4) is 0 Å². The molecule has 0 saturated heterocycles. The van der Waals surface area contributed by atoms with Crippen LogP contribution in [0.4, 0.5) is 0 Å². The molecule has 0 fully saturated rings. The lowest BCUT2D eigenvalue weighted by Gasteiger charge is -2.28. The van der Waals surface area contributed by atoms with Crippen molar-refractivity contribution >= 4 is 5.91 Å². The van der Waals surface area contributed by atoms with E-state index in [0.29, 0.717) is 6.42 Å². The minimum Gasteiger partial charge on any atom is -0.356 e. The number of benzene rings is 2. The third kappa shape index (κ3) is 4.67. The maximum Gasteiger partial charge on any atom is 0.224 e. The number of carbonyl (C=O) groups is 1. The number of hydrogen-bond donors (Lipinski definition) is 1. The molecule has 2 aromatic rings. The summed E-state index contributed by atoms with van der Waals surface area (Å²) in [5.41, 5.74) is 4.00. The molecule has 0 bridgehead atoms. The summed E-state index contributed by atoms with van der Waals surface area (Å²) in [6.45, 7) is 3.95. The van der Waals surface area contributed by atoms with E-state index in [9.17, 15) is 4.79 Å². The Morgan fingerprint density at radius 3 is 2.57 bits per heavy atom. The van der Waals surface area contributed by atoms with Gasteiger partial charge in [0.2, 0.25) is 5.91 Å². The van der Waals surface area contributed by atoms with Crippen LogP contribution in [-0.2, 0) is 24.2 Å². The molecular weight excluding hydrogens is 284 g/mol. The van der Waals surface area contributed by atoms with Gasteiger partial charge in [-0.3, -0.25) is 9.69 Å². The van der Waals surface area contributed by atoms with Crippen LogP contribution >= 0.6 is 0 Å². The molecule has 0 radical (unpaired) electrons. The Morgan fingerprint density at radius 2 is 1.74 bits per heavy atom. The van der Waals surface area contributed by atoms with Crippen LogP contribution in [0.15, 0.2) is 54.6 Å². The molecule has 0 spiro atoms. The van der Waals surface area contributed by atoms with Gasteiger partial charge in [-0.05, 0) is 29.5 Å². The number of nitrogens with one attached hydrogen (secondary N) is 1. The molecule has 1 aliphatic rings. The lowest BCUT2D eigenvalue weighted by atomic mass is 10.00. The van der Waals surface area contributed by atoms with Crippen molar-refractivity contribution in [2.45, 2.75) is 25.8 Å². The Bertz CT molecular complexity index is 639. The lowest BCUT2D eigenvalue weighted by molar-refractivity contribution is -0.120. The molecule has 1 amide bonds. The molecule has 120 valence electrons. The maximum absolute atomic E-state index is 11.9. The second-order valence-corrected chi connectivity index (χ2v) is 6.16. The molecule has 2 aromatic carbocycles. The highest BCUT2D eigenvalue weighted by atomic mass is 16.1. The third-order valence-corrected chi connectivity index (χ3v) is 4.39. The van der Waals surface area contributed by atoms with Crippen LogP contribution in [0.1, 0.15) is 23.1 Å². The average Bonchev–Trinajstić information content (AvgIpc) is 2.59. The van der Waals surface area contributed by atoms with Gasteiger partial charge in [0.15, 0.2) is 0 Å². The topological polar surface area (TPSA) is 32.3 Å². The lowest BCUT2D eigenvalue weighted by Crippen LogP contribution is -2.34. The summed E-state index contributed by atoms with van der Waals surface area (Å²) < 4.78 is 0. The molecular formula is C20H24N2O. The molecule has 3 nitrogen and oxygen atoms in total. The van der Waals surface area contributed by atoms with Crippen LogP contribution < -0.4 is 5.32 Å². The smallest absolute Gasteiger partial charge is 0.224 e. The largest absolute Gasteiger partial charge is 0.356 e. The third-order valence-electron chi connectivity index (χ3n) is 4.39. The van der Waals surface area contributed by atoms with Crippen LogP contribution in [-0.4, -0.2) is 30.4 Å². The van der Waals surface area contributed by atoms with E-state index < -0.39 is 0 Å². The predicted molar refractivity (Wildman–Crippen MR) is 93.2 cm³/mol. The van der Waals surface area contributed by atoms with E-state index >= 15 is 0 Å². The van der Waals surface area contributed by atoms with E-state index in [0.717, 1.165) is 44.6 Å². The van der Waals surface area contributed by atoms with Gasteiger partial charge >= 0.3 is 0 Å². The molecule has 0 unspecified atom stereocenters. The fourth-order valence-corrected chi connectivity index (χ4v) is 3.12. The second kappa shape index (κ2) is 7.93. The van der Waals surface area contributed by atoms with Gasteiger partial charge < -0.3 is 5.32 Å². The first-order valence-corrected chi connectivity index (χ1v) is 8.41. The summed E-state index contributed by atoms with van der Waals surface area (Å²) in [6, 6.07) is 18.6. The zero-order chi connectivity index (χ0) is 15.9. The summed E-state index contributed by atoms with van der Waals surface area (Å²) in [5.74, 6) is 0.111. The molecule has 0 aliphatic carbocycles. The van der Waals surface area contributed by atoms with Gasteiger partial charge in [-0.2, -0.15) is 0 Å². The molecule has 0 atom stereocenters. The number of carbonyl (C=O) groups excluding carboxylic acids is 1. The van der Waals surface area contributed by atoms with Crippen molar-refractivity contribution in [3.63, 3.8) is 0 Å². The highest BCUT2D eigenvalue weighted by Gasteiger charge is 2.14. The van der Waals surface area contributed by atoms with Crippen LogP contribution in [0.25, 0.3) is 0 Å². The second-order valence-electron chi connectivity index (χ2n) is 6.16. The summed E-state index contributed by atoms with van der Waals surface area (Å²) in [7, 11) is 0. The first kappa shape index (κ1) is 15.8. The van der Waals surface area contributed by atoms with E-state index in [-0.39, 0.29) is 5.91 Å². The van der Waals surface area contributed by atoms with E-state index in [4.69, 9.17) is 0 Å². The highest BCUT2D eigenvalue weighted by Crippen LogP contribution is 2.18.